The molecule has 1 atom stereocenters. The first-order chi connectivity index (χ1) is 7.27. The molecule has 2 rings (SSSR count). The number of piperidine rings is 1. The van der Waals surface area contributed by atoms with Crippen molar-refractivity contribution < 1.29 is 5.11 Å². The van der Waals surface area contributed by atoms with Gasteiger partial charge in [-0.3, -0.25) is 0 Å². The van der Waals surface area contributed by atoms with Crippen LogP contribution in [0, 0.1) is 0 Å². The van der Waals surface area contributed by atoms with E-state index in [-0.39, 0.29) is 6.10 Å². The molecule has 2 N–H and O–H groups in total. The van der Waals surface area contributed by atoms with Crippen LogP contribution in [-0.2, 0) is 6.54 Å². The van der Waals surface area contributed by atoms with Crippen molar-refractivity contribution in [2.45, 2.75) is 38.3 Å². The molecule has 0 amide bonds. The third kappa shape index (κ3) is 2.54. The van der Waals surface area contributed by atoms with E-state index in [0.717, 1.165) is 31.8 Å². The van der Waals surface area contributed by atoms with Gasteiger partial charge in [0, 0.05) is 5.92 Å². The molecule has 2 heterocycles. The predicted octanol–water partition coefficient (Wildman–Crippen LogP) is 0.126. The lowest BCUT2D eigenvalue weighted by molar-refractivity contribution is 0.171. The number of hydrogen-bond acceptors (Lipinski definition) is 4. The van der Waals surface area contributed by atoms with Gasteiger partial charge in [0.05, 0.1) is 12.6 Å². The highest BCUT2D eigenvalue weighted by atomic mass is 16.3. The minimum absolute atomic E-state index is 0.346. The maximum atomic E-state index is 9.36. The number of aliphatic hydroxyl groups is 1. The molecule has 0 saturated carbocycles. The van der Waals surface area contributed by atoms with E-state index in [9.17, 15) is 5.11 Å². The SMILES string of the molecule is CC(O)Cn1cnnc1C1CCNCC1. The van der Waals surface area contributed by atoms with Gasteiger partial charge in [0.15, 0.2) is 0 Å². The lowest BCUT2D eigenvalue weighted by atomic mass is 9.97. The standard InChI is InChI=1S/C10H18N4O/c1-8(15)6-14-7-12-13-10(14)9-2-4-11-5-3-9/h7-9,11,15H,2-6H2,1H3. The lowest BCUT2D eigenvalue weighted by Crippen LogP contribution is -2.28. The van der Waals surface area contributed by atoms with Crippen LogP contribution in [0.2, 0.25) is 0 Å². The minimum atomic E-state index is -0.346. The molecule has 1 aromatic heterocycles. The van der Waals surface area contributed by atoms with Crippen molar-refractivity contribution in [1.29, 1.82) is 0 Å². The molecule has 0 aromatic carbocycles. The Bertz CT molecular complexity index is 304. The zero-order valence-corrected chi connectivity index (χ0v) is 9.06. The maximum absolute atomic E-state index is 9.36. The second kappa shape index (κ2) is 4.72. The second-order valence-electron chi connectivity index (χ2n) is 4.21. The Kier molecular flexibility index (Phi) is 3.33. The summed E-state index contributed by atoms with van der Waals surface area (Å²) in [5, 5.41) is 20.8. The molecule has 1 saturated heterocycles. The summed E-state index contributed by atoms with van der Waals surface area (Å²) in [6.07, 6.45) is 3.59. The number of nitrogens with zero attached hydrogens (tertiary/aromatic N) is 3. The number of rotatable bonds is 3. The molecule has 0 aliphatic carbocycles. The van der Waals surface area contributed by atoms with Crippen LogP contribution in [0.5, 0.6) is 0 Å². The normalized spacial score (nSPS) is 20.4. The van der Waals surface area contributed by atoms with Crippen LogP contribution in [0.3, 0.4) is 0 Å². The average molecular weight is 210 g/mol. The Morgan fingerprint density at radius 3 is 3.00 bits per heavy atom. The first-order valence-corrected chi connectivity index (χ1v) is 5.54. The van der Waals surface area contributed by atoms with Crippen LogP contribution in [0.1, 0.15) is 31.5 Å². The lowest BCUT2D eigenvalue weighted by Gasteiger charge is -2.22. The van der Waals surface area contributed by atoms with Crippen LogP contribution >= 0.6 is 0 Å². The second-order valence-corrected chi connectivity index (χ2v) is 4.21. The largest absolute Gasteiger partial charge is 0.392 e. The quantitative estimate of drug-likeness (QED) is 0.744. The molecule has 0 radical (unpaired) electrons. The van der Waals surface area contributed by atoms with E-state index >= 15 is 0 Å². The molecule has 0 spiro atoms. The average Bonchev–Trinajstić information content (AvgIpc) is 2.66. The highest BCUT2D eigenvalue weighted by molar-refractivity contribution is 4.98. The van der Waals surface area contributed by atoms with Gasteiger partial charge in [-0.15, -0.1) is 10.2 Å². The highest BCUT2D eigenvalue weighted by Gasteiger charge is 2.20. The van der Waals surface area contributed by atoms with E-state index in [1.807, 2.05) is 4.57 Å². The van der Waals surface area contributed by atoms with Crippen LogP contribution in [0.15, 0.2) is 6.33 Å². The molecule has 0 bridgehead atoms. The van der Waals surface area contributed by atoms with Crippen molar-refractivity contribution in [2.75, 3.05) is 13.1 Å². The fraction of sp³-hybridized carbons (Fsp3) is 0.800. The monoisotopic (exact) mass is 210 g/mol. The summed E-state index contributed by atoms with van der Waals surface area (Å²) < 4.78 is 1.97. The van der Waals surface area contributed by atoms with E-state index in [0.29, 0.717) is 12.5 Å². The van der Waals surface area contributed by atoms with Gasteiger partial charge in [0.1, 0.15) is 12.2 Å². The predicted molar refractivity (Wildman–Crippen MR) is 56.5 cm³/mol. The molecule has 84 valence electrons. The summed E-state index contributed by atoms with van der Waals surface area (Å²) in [5.41, 5.74) is 0. The maximum Gasteiger partial charge on any atom is 0.136 e. The van der Waals surface area contributed by atoms with E-state index in [1.165, 1.54) is 0 Å². The fourth-order valence-electron chi connectivity index (χ4n) is 2.09. The summed E-state index contributed by atoms with van der Waals surface area (Å²) in [7, 11) is 0. The molecule has 5 heteroatoms. The smallest absolute Gasteiger partial charge is 0.136 e. The van der Waals surface area contributed by atoms with Crippen molar-refractivity contribution in [3.05, 3.63) is 12.2 Å². The van der Waals surface area contributed by atoms with E-state index in [2.05, 4.69) is 15.5 Å². The van der Waals surface area contributed by atoms with Gasteiger partial charge in [0.25, 0.3) is 0 Å². The van der Waals surface area contributed by atoms with Crippen LogP contribution in [0.25, 0.3) is 0 Å². The Morgan fingerprint density at radius 2 is 2.33 bits per heavy atom. The highest BCUT2D eigenvalue weighted by Crippen LogP contribution is 2.23. The van der Waals surface area contributed by atoms with Crippen molar-refractivity contribution in [3.63, 3.8) is 0 Å². The molecule has 1 fully saturated rings. The van der Waals surface area contributed by atoms with E-state index in [1.54, 1.807) is 13.3 Å². The molecule has 5 nitrogen and oxygen atoms in total. The molecule has 1 aliphatic heterocycles. The minimum Gasteiger partial charge on any atom is -0.392 e. The Labute approximate surface area is 89.5 Å². The van der Waals surface area contributed by atoms with Gasteiger partial charge in [-0.25, -0.2) is 0 Å². The molecule has 1 aliphatic rings. The fourth-order valence-corrected chi connectivity index (χ4v) is 2.09. The van der Waals surface area contributed by atoms with Crippen LogP contribution < -0.4 is 5.32 Å². The molecule has 15 heavy (non-hydrogen) atoms. The van der Waals surface area contributed by atoms with Gasteiger partial charge >= 0.3 is 0 Å². The number of aliphatic hydroxyl groups excluding tert-OH is 1. The van der Waals surface area contributed by atoms with Gasteiger partial charge in [-0.2, -0.15) is 0 Å². The third-order valence-electron chi connectivity index (χ3n) is 2.81. The first-order valence-electron chi connectivity index (χ1n) is 5.54. The van der Waals surface area contributed by atoms with E-state index in [4.69, 9.17) is 0 Å². The van der Waals surface area contributed by atoms with Crippen LogP contribution in [-0.4, -0.2) is 39.1 Å². The summed E-state index contributed by atoms with van der Waals surface area (Å²) >= 11 is 0. The number of aromatic nitrogens is 3. The Morgan fingerprint density at radius 1 is 1.60 bits per heavy atom. The molecule has 1 aromatic rings. The zero-order chi connectivity index (χ0) is 10.7. The van der Waals surface area contributed by atoms with Gasteiger partial charge in [-0.05, 0) is 32.9 Å². The molecule has 1 unspecified atom stereocenters. The molecular weight excluding hydrogens is 192 g/mol. The summed E-state index contributed by atoms with van der Waals surface area (Å²) in [4.78, 5) is 0. The van der Waals surface area contributed by atoms with Gasteiger partial charge in [-0.1, -0.05) is 0 Å². The number of hydrogen-bond donors (Lipinski definition) is 2. The number of nitrogens with one attached hydrogen (secondary N) is 1. The zero-order valence-electron chi connectivity index (χ0n) is 9.06. The van der Waals surface area contributed by atoms with Crippen LogP contribution in [0.4, 0.5) is 0 Å². The van der Waals surface area contributed by atoms with Crippen molar-refractivity contribution in [1.82, 2.24) is 20.1 Å². The topological polar surface area (TPSA) is 63.0 Å². The van der Waals surface area contributed by atoms with Crippen molar-refractivity contribution in [2.24, 2.45) is 0 Å². The van der Waals surface area contributed by atoms with Gasteiger partial charge < -0.3 is 15.0 Å². The summed E-state index contributed by atoms with van der Waals surface area (Å²) in [6, 6.07) is 0. The molecular formula is C10H18N4O. The Hall–Kier alpha value is -0.940. The third-order valence-corrected chi connectivity index (χ3v) is 2.81. The van der Waals surface area contributed by atoms with Gasteiger partial charge in [0.2, 0.25) is 0 Å². The van der Waals surface area contributed by atoms with E-state index < -0.39 is 0 Å². The van der Waals surface area contributed by atoms with Crippen molar-refractivity contribution in [3.8, 4) is 0 Å². The summed E-state index contributed by atoms with van der Waals surface area (Å²) in [5.74, 6) is 1.52. The summed E-state index contributed by atoms with van der Waals surface area (Å²) in [6.45, 7) is 4.47. The van der Waals surface area contributed by atoms with Crippen molar-refractivity contribution >= 4 is 0 Å². The first kappa shape index (κ1) is 10.6. The Balaban J connectivity index is 2.09.